The molecule has 1 fully saturated rings. The maximum atomic E-state index is 13.8. The molecular weight excluding hydrogens is 740 g/mol. The van der Waals surface area contributed by atoms with Crippen molar-refractivity contribution >= 4 is 38.5 Å². The van der Waals surface area contributed by atoms with Gasteiger partial charge in [-0.1, -0.05) is 109 Å². The van der Waals surface area contributed by atoms with E-state index in [0.29, 0.717) is 11.4 Å². The van der Waals surface area contributed by atoms with Gasteiger partial charge in [0, 0.05) is 67.3 Å². The Morgan fingerprint density at radius 2 is 1.39 bits per heavy atom. The van der Waals surface area contributed by atoms with E-state index >= 15 is 0 Å². The van der Waals surface area contributed by atoms with Crippen LogP contribution in [-0.4, -0.2) is 73.6 Å². The molecule has 2 N–H and O–H groups in total. The van der Waals surface area contributed by atoms with Gasteiger partial charge in [0.15, 0.2) is 0 Å². The van der Waals surface area contributed by atoms with Crippen molar-refractivity contribution in [2.45, 2.75) is 44.0 Å². The number of likely N-dealkylation sites (N-methyl/N-ethyl adjacent to an activating group) is 1. The number of halogens is 1. The number of aryl methyl sites for hydroxylation is 2. The average molecular weight is 789 g/mol. The maximum Gasteiger partial charge on any atom is 0.335 e. The SMILES string of the molecule is CN1CCN(Cc2ccccc2CS(=O)(=O)NCCc2c(CCCc3ccc(C(=O)O)cc3)c3cc(Cl)ccc3n2C(c2ccccc2)c2ccccc2)CC1. The molecule has 6 aromatic rings. The van der Waals surface area contributed by atoms with Crippen LogP contribution in [0.1, 0.15) is 61.9 Å². The Hall–Kier alpha value is -4.77. The summed E-state index contributed by atoms with van der Waals surface area (Å²) in [5, 5.41) is 11.1. The number of carbonyl (C=O) groups is 1. The van der Waals surface area contributed by atoms with Gasteiger partial charge in [-0.05, 0) is 90.0 Å². The van der Waals surface area contributed by atoms with Gasteiger partial charge in [0.1, 0.15) is 0 Å². The Morgan fingerprint density at radius 3 is 2.04 bits per heavy atom. The highest BCUT2D eigenvalue weighted by atomic mass is 35.5. The van der Waals surface area contributed by atoms with Crippen molar-refractivity contribution in [1.82, 2.24) is 19.1 Å². The number of hydrogen-bond acceptors (Lipinski definition) is 5. The minimum Gasteiger partial charge on any atom is -0.478 e. The van der Waals surface area contributed by atoms with E-state index in [0.717, 1.165) is 102 Å². The summed E-state index contributed by atoms with van der Waals surface area (Å²) >= 11 is 6.70. The summed E-state index contributed by atoms with van der Waals surface area (Å²) in [7, 11) is -1.54. The van der Waals surface area contributed by atoms with E-state index < -0.39 is 16.0 Å². The standard InChI is InChI=1S/C46H49ClN4O4S/c1-49-27-29-50(30-28-49)32-38-16-8-9-17-39(38)33-56(54,55)48-26-25-44-41(18-10-11-34-19-21-37(22-20-34)46(52)53)42-31-40(47)23-24-43(42)51(44)45(35-12-4-2-5-13-35)36-14-6-3-7-15-36/h2-9,12-17,19-24,31,45,48H,10-11,18,25-30,32-33H2,1H3,(H,52,53). The summed E-state index contributed by atoms with van der Waals surface area (Å²) in [6.07, 6.45) is 2.76. The van der Waals surface area contributed by atoms with E-state index in [9.17, 15) is 18.3 Å². The van der Waals surface area contributed by atoms with Crippen molar-refractivity contribution < 1.29 is 18.3 Å². The lowest BCUT2D eigenvalue weighted by Crippen LogP contribution is -2.44. The molecule has 290 valence electrons. The number of piperazine rings is 1. The summed E-state index contributed by atoms with van der Waals surface area (Å²) in [6.45, 7) is 4.88. The lowest BCUT2D eigenvalue weighted by molar-refractivity contribution is 0.0697. The first-order valence-corrected chi connectivity index (χ1v) is 21.4. The fourth-order valence-corrected chi connectivity index (χ4v) is 9.35. The zero-order valence-corrected chi connectivity index (χ0v) is 33.4. The van der Waals surface area contributed by atoms with Gasteiger partial charge in [0.2, 0.25) is 10.0 Å². The number of hydrogen-bond donors (Lipinski definition) is 2. The number of carboxylic acid groups (broad SMARTS) is 1. The molecule has 1 aliphatic heterocycles. The molecule has 5 aromatic carbocycles. The molecule has 0 atom stereocenters. The first-order chi connectivity index (χ1) is 27.1. The zero-order chi connectivity index (χ0) is 39.1. The predicted octanol–water partition coefficient (Wildman–Crippen LogP) is 8.22. The fraction of sp³-hybridized carbons (Fsp3) is 0.283. The first kappa shape index (κ1) is 39.5. The number of aromatic nitrogens is 1. The number of benzene rings is 5. The van der Waals surface area contributed by atoms with Crippen LogP contribution in [0.25, 0.3) is 10.9 Å². The second-order valence-electron chi connectivity index (χ2n) is 14.8. The van der Waals surface area contributed by atoms with Crippen LogP contribution < -0.4 is 4.72 Å². The highest BCUT2D eigenvalue weighted by Crippen LogP contribution is 2.38. The Morgan fingerprint density at radius 1 is 0.768 bits per heavy atom. The Labute approximate surface area is 335 Å². The molecule has 56 heavy (non-hydrogen) atoms. The molecule has 1 saturated heterocycles. The number of rotatable bonds is 16. The molecule has 10 heteroatoms. The zero-order valence-electron chi connectivity index (χ0n) is 31.8. The normalized spacial score (nSPS) is 14.1. The molecule has 1 aliphatic rings. The lowest BCUT2D eigenvalue weighted by atomic mass is 9.97. The van der Waals surface area contributed by atoms with E-state index in [1.807, 2.05) is 60.7 Å². The smallest absolute Gasteiger partial charge is 0.335 e. The van der Waals surface area contributed by atoms with Gasteiger partial charge in [0.25, 0.3) is 0 Å². The third-order valence-corrected chi connectivity index (χ3v) is 12.5. The molecule has 7 rings (SSSR count). The van der Waals surface area contributed by atoms with Crippen LogP contribution in [0, 0.1) is 0 Å². The molecular formula is C46H49ClN4O4S. The van der Waals surface area contributed by atoms with Crippen molar-refractivity contribution in [2.24, 2.45) is 0 Å². The molecule has 8 nitrogen and oxygen atoms in total. The van der Waals surface area contributed by atoms with E-state index in [2.05, 4.69) is 80.7 Å². The molecule has 2 heterocycles. The quantitative estimate of drug-likeness (QED) is 0.103. The van der Waals surface area contributed by atoms with Gasteiger partial charge in [-0.2, -0.15) is 0 Å². The molecule has 0 spiro atoms. The molecule has 0 aliphatic carbocycles. The number of sulfonamides is 1. The third kappa shape index (κ3) is 9.60. The summed E-state index contributed by atoms with van der Waals surface area (Å²) < 4.78 is 33.1. The summed E-state index contributed by atoms with van der Waals surface area (Å²) in [5.41, 5.74) is 8.67. The van der Waals surface area contributed by atoms with Crippen LogP contribution in [0.4, 0.5) is 0 Å². The average Bonchev–Trinajstić information content (AvgIpc) is 3.48. The fourth-order valence-electron chi connectivity index (χ4n) is 7.98. The molecule has 1 aromatic heterocycles. The first-order valence-electron chi connectivity index (χ1n) is 19.3. The second kappa shape index (κ2) is 18.0. The van der Waals surface area contributed by atoms with Crippen LogP contribution in [0.15, 0.2) is 127 Å². The van der Waals surface area contributed by atoms with Crippen LogP contribution in [0.5, 0.6) is 0 Å². The van der Waals surface area contributed by atoms with Gasteiger partial charge < -0.3 is 14.6 Å². The minimum atomic E-state index is -3.68. The topological polar surface area (TPSA) is 94.9 Å². The maximum absolute atomic E-state index is 13.8. The van der Waals surface area contributed by atoms with E-state index in [1.54, 1.807) is 12.1 Å². The molecule has 0 amide bonds. The van der Waals surface area contributed by atoms with Gasteiger partial charge in [-0.15, -0.1) is 0 Å². The molecule has 0 saturated carbocycles. The van der Waals surface area contributed by atoms with E-state index in [4.69, 9.17) is 11.6 Å². The number of nitrogens with zero attached hydrogens (tertiary/aromatic N) is 3. The van der Waals surface area contributed by atoms with Crippen LogP contribution >= 0.6 is 11.6 Å². The summed E-state index contributed by atoms with van der Waals surface area (Å²) in [6, 6.07) is 41.6. The molecule has 0 bridgehead atoms. The number of carboxylic acids is 1. The predicted molar refractivity (Wildman–Crippen MR) is 226 cm³/mol. The van der Waals surface area contributed by atoms with Crippen LogP contribution in [0.2, 0.25) is 5.02 Å². The van der Waals surface area contributed by atoms with E-state index in [-0.39, 0.29) is 23.9 Å². The monoisotopic (exact) mass is 788 g/mol. The summed E-state index contributed by atoms with van der Waals surface area (Å²) in [4.78, 5) is 16.2. The largest absolute Gasteiger partial charge is 0.478 e. The lowest BCUT2D eigenvalue weighted by Gasteiger charge is -2.32. The van der Waals surface area contributed by atoms with Crippen LogP contribution in [0.3, 0.4) is 0 Å². The highest BCUT2D eigenvalue weighted by molar-refractivity contribution is 7.88. The van der Waals surface area contributed by atoms with Crippen molar-refractivity contribution in [3.8, 4) is 0 Å². The Balaban J connectivity index is 1.21. The van der Waals surface area contributed by atoms with Gasteiger partial charge in [-0.3, -0.25) is 4.90 Å². The van der Waals surface area contributed by atoms with Crippen molar-refractivity contribution in [1.29, 1.82) is 0 Å². The second-order valence-corrected chi connectivity index (χ2v) is 17.0. The van der Waals surface area contributed by atoms with Crippen molar-refractivity contribution in [3.63, 3.8) is 0 Å². The Bertz CT molecular complexity index is 2320. The molecule has 0 radical (unpaired) electrons. The third-order valence-electron chi connectivity index (χ3n) is 10.9. The van der Waals surface area contributed by atoms with Crippen molar-refractivity contribution in [3.05, 3.63) is 177 Å². The number of aromatic carboxylic acids is 1. The van der Waals surface area contributed by atoms with Gasteiger partial charge in [0.05, 0.1) is 17.4 Å². The minimum absolute atomic E-state index is 0.0836. The van der Waals surface area contributed by atoms with Gasteiger partial charge in [-0.25, -0.2) is 17.9 Å². The number of fused-ring (bicyclic) bond motifs is 1. The highest BCUT2D eigenvalue weighted by Gasteiger charge is 2.26. The van der Waals surface area contributed by atoms with Crippen LogP contribution in [-0.2, 0) is 41.6 Å². The van der Waals surface area contributed by atoms with Crippen molar-refractivity contribution in [2.75, 3.05) is 39.8 Å². The van der Waals surface area contributed by atoms with Gasteiger partial charge >= 0.3 is 5.97 Å². The van der Waals surface area contributed by atoms with E-state index in [1.165, 1.54) is 0 Å². The Kier molecular flexibility index (Phi) is 12.7. The summed E-state index contributed by atoms with van der Waals surface area (Å²) in [5.74, 6) is -1.03. The number of nitrogens with one attached hydrogen (secondary N) is 1. The molecule has 0 unspecified atom stereocenters.